The van der Waals surface area contributed by atoms with Gasteiger partial charge in [-0.2, -0.15) is 0 Å². The summed E-state index contributed by atoms with van der Waals surface area (Å²) in [4.78, 5) is 10.4. The van der Waals surface area contributed by atoms with Crippen LogP contribution in [0.2, 0.25) is 0 Å². The average Bonchev–Trinajstić information content (AvgIpc) is 2.64. The van der Waals surface area contributed by atoms with E-state index in [2.05, 4.69) is 13.2 Å². The summed E-state index contributed by atoms with van der Waals surface area (Å²) in [6, 6.07) is 10.3. The molecule has 0 spiro atoms. The molecule has 0 amide bonds. The summed E-state index contributed by atoms with van der Waals surface area (Å²) in [5.74, 6) is 0.570. The molecule has 0 saturated carbocycles. The van der Waals surface area contributed by atoms with E-state index in [4.69, 9.17) is 4.74 Å². The fraction of sp³-hybridized carbons (Fsp3) is 0.158. The first-order valence-electron chi connectivity index (χ1n) is 8.03. The molecule has 142 valence electrons. The normalized spacial score (nSPS) is 10.9. The van der Waals surface area contributed by atoms with E-state index >= 15 is 0 Å². The van der Waals surface area contributed by atoms with E-state index in [0.717, 1.165) is 10.4 Å². The van der Waals surface area contributed by atoms with Gasteiger partial charge in [-0.3, -0.25) is 14.4 Å². The van der Waals surface area contributed by atoms with Gasteiger partial charge in [-0.25, -0.2) is 8.42 Å². The van der Waals surface area contributed by atoms with Crippen molar-refractivity contribution < 1.29 is 18.1 Å². The molecule has 0 unspecified atom stereocenters. The van der Waals surface area contributed by atoms with Gasteiger partial charge in [0.2, 0.25) is 0 Å². The number of nitro benzene ring substituents is 1. The zero-order chi connectivity index (χ0) is 20.0. The maximum atomic E-state index is 13.1. The van der Waals surface area contributed by atoms with Crippen LogP contribution in [0.25, 0.3) is 0 Å². The molecular formula is C19H20N2O5S. The van der Waals surface area contributed by atoms with Crippen LogP contribution >= 0.6 is 0 Å². The molecule has 27 heavy (non-hydrogen) atoms. The molecule has 0 saturated heterocycles. The molecule has 0 N–H and O–H groups in total. The third-order valence-corrected chi connectivity index (χ3v) is 5.54. The Bertz CT molecular complexity index is 953. The number of nitrogens with zero attached hydrogens (tertiary/aromatic N) is 2. The number of anilines is 1. The van der Waals surface area contributed by atoms with Crippen molar-refractivity contribution in [3.8, 4) is 5.75 Å². The predicted molar refractivity (Wildman–Crippen MR) is 105 cm³/mol. The summed E-state index contributed by atoms with van der Waals surface area (Å²) in [5.41, 5.74) is 0.532. The van der Waals surface area contributed by atoms with Gasteiger partial charge >= 0.3 is 0 Å². The minimum absolute atomic E-state index is 0.0108. The summed E-state index contributed by atoms with van der Waals surface area (Å²) in [7, 11) is -4.02. The average molecular weight is 388 g/mol. The summed E-state index contributed by atoms with van der Waals surface area (Å²) >= 11 is 0. The summed E-state index contributed by atoms with van der Waals surface area (Å²) in [6.07, 6.45) is 3.05. The van der Waals surface area contributed by atoms with Crippen LogP contribution < -0.4 is 9.04 Å². The molecule has 0 bridgehead atoms. The second kappa shape index (κ2) is 8.50. The molecule has 7 nitrogen and oxygen atoms in total. The molecule has 2 rings (SSSR count). The summed E-state index contributed by atoms with van der Waals surface area (Å²) in [6.45, 7) is 9.07. The number of hydrogen-bond acceptors (Lipinski definition) is 5. The van der Waals surface area contributed by atoms with Crippen molar-refractivity contribution in [1.82, 2.24) is 0 Å². The van der Waals surface area contributed by atoms with E-state index in [1.165, 1.54) is 18.2 Å². The van der Waals surface area contributed by atoms with Crippen molar-refractivity contribution in [3.63, 3.8) is 0 Å². The van der Waals surface area contributed by atoms with Crippen LogP contribution in [-0.4, -0.2) is 26.5 Å². The van der Waals surface area contributed by atoms with Gasteiger partial charge in [0, 0.05) is 11.6 Å². The van der Waals surface area contributed by atoms with E-state index in [1.54, 1.807) is 37.3 Å². The minimum Gasteiger partial charge on any atom is -0.490 e. The maximum absolute atomic E-state index is 13.1. The first-order valence-corrected chi connectivity index (χ1v) is 9.47. The lowest BCUT2D eigenvalue weighted by Gasteiger charge is -2.23. The lowest BCUT2D eigenvalue weighted by molar-refractivity contribution is -0.385. The fourth-order valence-corrected chi connectivity index (χ4v) is 3.85. The largest absolute Gasteiger partial charge is 0.490 e. The van der Waals surface area contributed by atoms with Crippen molar-refractivity contribution >= 4 is 21.4 Å². The van der Waals surface area contributed by atoms with Gasteiger partial charge in [0.25, 0.3) is 15.7 Å². The Morgan fingerprint density at radius 2 is 1.81 bits per heavy atom. The SMILES string of the molecule is C=CCOc1ccc(N(CC=C)S(=O)(=O)c2ccc(C)c([N+](=O)[O-])c2)cc1. The van der Waals surface area contributed by atoms with Crippen molar-refractivity contribution in [2.45, 2.75) is 11.8 Å². The Morgan fingerprint density at radius 1 is 1.15 bits per heavy atom. The molecule has 0 aliphatic rings. The van der Waals surface area contributed by atoms with Crippen LogP contribution in [0.15, 0.2) is 72.7 Å². The predicted octanol–water partition coefficient (Wildman–Crippen LogP) is 3.85. The van der Waals surface area contributed by atoms with Gasteiger partial charge in [0.15, 0.2) is 0 Å². The van der Waals surface area contributed by atoms with E-state index in [1.807, 2.05) is 0 Å². The Kier molecular flexibility index (Phi) is 6.36. The van der Waals surface area contributed by atoms with E-state index in [-0.39, 0.29) is 17.1 Å². The van der Waals surface area contributed by atoms with Gasteiger partial charge in [-0.15, -0.1) is 6.58 Å². The second-order valence-electron chi connectivity index (χ2n) is 5.62. The summed E-state index contributed by atoms with van der Waals surface area (Å²) < 4.78 is 32.7. The standard InChI is InChI=1S/C19H20N2O5S/c1-4-12-20(16-7-9-17(10-8-16)26-13-5-2)27(24,25)18-11-6-15(3)19(14-18)21(22)23/h4-11,14H,1-2,12-13H2,3H3. The molecule has 0 atom stereocenters. The van der Waals surface area contributed by atoms with Gasteiger partial charge in [-0.05, 0) is 37.3 Å². The Morgan fingerprint density at radius 3 is 2.37 bits per heavy atom. The number of nitro groups is 1. The van der Waals surface area contributed by atoms with Crippen molar-refractivity contribution in [1.29, 1.82) is 0 Å². The molecule has 0 aliphatic carbocycles. The number of aryl methyl sites for hydroxylation is 1. The molecule has 0 heterocycles. The van der Waals surface area contributed by atoms with Gasteiger partial charge < -0.3 is 4.74 Å². The van der Waals surface area contributed by atoms with Gasteiger partial charge in [0.1, 0.15) is 12.4 Å². The summed E-state index contributed by atoms with van der Waals surface area (Å²) in [5, 5.41) is 11.2. The molecule has 8 heteroatoms. The minimum atomic E-state index is -4.02. The fourth-order valence-electron chi connectivity index (χ4n) is 2.40. The molecule has 2 aromatic carbocycles. The highest BCUT2D eigenvalue weighted by Gasteiger charge is 2.26. The molecule has 2 aromatic rings. The van der Waals surface area contributed by atoms with Crippen LogP contribution in [0.5, 0.6) is 5.75 Å². The van der Waals surface area contributed by atoms with E-state index < -0.39 is 14.9 Å². The maximum Gasteiger partial charge on any atom is 0.273 e. The van der Waals surface area contributed by atoms with Crippen molar-refractivity contribution in [2.24, 2.45) is 0 Å². The molecule has 0 aromatic heterocycles. The zero-order valence-corrected chi connectivity index (χ0v) is 15.7. The van der Waals surface area contributed by atoms with Crippen LogP contribution in [0.1, 0.15) is 5.56 Å². The van der Waals surface area contributed by atoms with Crippen LogP contribution in [0.3, 0.4) is 0 Å². The van der Waals surface area contributed by atoms with E-state index in [9.17, 15) is 18.5 Å². The second-order valence-corrected chi connectivity index (χ2v) is 7.49. The lowest BCUT2D eigenvalue weighted by Crippen LogP contribution is -2.31. The Hall–Kier alpha value is -3.13. The third-order valence-electron chi connectivity index (χ3n) is 3.75. The van der Waals surface area contributed by atoms with Crippen molar-refractivity contribution in [3.05, 3.63) is 83.5 Å². The Balaban J connectivity index is 2.45. The number of sulfonamides is 1. The number of hydrogen-bond donors (Lipinski definition) is 0. The molecule has 0 fully saturated rings. The Labute approximate surface area is 158 Å². The topological polar surface area (TPSA) is 89.8 Å². The van der Waals surface area contributed by atoms with Gasteiger partial charge in [-0.1, -0.05) is 24.8 Å². The highest BCUT2D eigenvalue weighted by molar-refractivity contribution is 7.92. The monoisotopic (exact) mass is 388 g/mol. The zero-order valence-electron chi connectivity index (χ0n) is 14.9. The highest BCUT2D eigenvalue weighted by atomic mass is 32.2. The van der Waals surface area contributed by atoms with Crippen LogP contribution in [0.4, 0.5) is 11.4 Å². The van der Waals surface area contributed by atoms with Crippen molar-refractivity contribution in [2.75, 3.05) is 17.5 Å². The van der Waals surface area contributed by atoms with Crippen LogP contribution in [0, 0.1) is 17.0 Å². The number of benzene rings is 2. The number of ether oxygens (including phenoxy) is 1. The quantitative estimate of drug-likeness (QED) is 0.370. The highest BCUT2D eigenvalue weighted by Crippen LogP contribution is 2.29. The first-order chi connectivity index (χ1) is 12.8. The van der Waals surface area contributed by atoms with Gasteiger partial charge in [0.05, 0.1) is 22.1 Å². The number of rotatable bonds is 9. The molecule has 0 radical (unpaired) electrons. The van der Waals surface area contributed by atoms with Crippen LogP contribution in [-0.2, 0) is 10.0 Å². The lowest BCUT2D eigenvalue weighted by atomic mass is 10.2. The smallest absolute Gasteiger partial charge is 0.273 e. The molecular weight excluding hydrogens is 368 g/mol. The third kappa shape index (κ3) is 4.53. The van der Waals surface area contributed by atoms with E-state index in [0.29, 0.717) is 23.6 Å². The molecule has 0 aliphatic heterocycles. The first kappa shape index (κ1) is 20.2.